The van der Waals surface area contributed by atoms with Crippen LogP contribution in [0.5, 0.6) is 5.75 Å². The molecular weight excluding hydrogens is 364 g/mol. The van der Waals surface area contributed by atoms with Crippen LogP contribution in [0.4, 0.5) is 4.79 Å². The van der Waals surface area contributed by atoms with Crippen LogP contribution in [0.1, 0.15) is 47.5 Å². The van der Waals surface area contributed by atoms with E-state index < -0.39 is 24.1 Å². The minimum atomic E-state index is -0.859. The number of carbonyl (C=O) groups excluding carboxylic acids is 3. The smallest absolute Gasteiger partial charge is 0.413 e. The van der Waals surface area contributed by atoms with E-state index >= 15 is 0 Å². The Morgan fingerprint density at radius 1 is 1.36 bits per heavy atom. The second-order valence-corrected chi connectivity index (χ2v) is 8.10. The Balaban J connectivity index is 2.10. The molecule has 0 saturated carbocycles. The van der Waals surface area contributed by atoms with Crippen molar-refractivity contribution < 1.29 is 28.3 Å². The highest BCUT2D eigenvalue weighted by Crippen LogP contribution is 2.31. The van der Waals surface area contributed by atoms with E-state index in [1.54, 1.807) is 0 Å². The van der Waals surface area contributed by atoms with E-state index in [1.165, 1.54) is 18.6 Å². The van der Waals surface area contributed by atoms with Crippen LogP contribution in [-0.4, -0.2) is 42.6 Å². The Hall–Kier alpha value is -2.35. The van der Waals surface area contributed by atoms with Gasteiger partial charge in [0.05, 0.1) is 12.4 Å². The zero-order valence-electron chi connectivity index (χ0n) is 17.1. The number of nitrogens with one attached hydrogen (secondary N) is 2. The molecule has 1 aliphatic heterocycles. The number of ether oxygens (including phenoxy) is 2. The van der Waals surface area contributed by atoms with Gasteiger partial charge in [0.25, 0.3) is 0 Å². The number of rotatable bonds is 8. The maximum Gasteiger partial charge on any atom is 0.413 e. The van der Waals surface area contributed by atoms with Gasteiger partial charge in [0, 0.05) is 6.07 Å². The van der Waals surface area contributed by atoms with Gasteiger partial charge in [0.2, 0.25) is 5.91 Å². The topological polar surface area (TPSA) is 107 Å². The van der Waals surface area contributed by atoms with Crippen molar-refractivity contribution in [1.82, 2.24) is 10.6 Å². The monoisotopic (exact) mass is 394 g/mol. The van der Waals surface area contributed by atoms with Crippen molar-refractivity contribution in [3.8, 4) is 5.75 Å². The largest absolute Gasteiger partial charge is 0.469 e. The lowest BCUT2D eigenvalue weighted by Gasteiger charge is -2.33. The number of ketones is 1. The summed E-state index contributed by atoms with van der Waals surface area (Å²) in [7, 11) is 0. The first kappa shape index (κ1) is 21.9. The SMILES string of the molecule is CCC1OCC(=O)C1NC(=O)[C@H](CC(C)(C)C(C)C)NC(=O)Oc1ccoc1. The van der Waals surface area contributed by atoms with Gasteiger partial charge in [0.1, 0.15) is 25.0 Å². The molecule has 2 amide bonds. The van der Waals surface area contributed by atoms with Crippen molar-refractivity contribution in [3.63, 3.8) is 0 Å². The lowest BCUT2D eigenvalue weighted by Crippen LogP contribution is -2.55. The average molecular weight is 394 g/mol. The third kappa shape index (κ3) is 5.58. The molecule has 28 heavy (non-hydrogen) atoms. The van der Waals surface area contributed by atoms with Gasteiger partial charge in [-0.15, -0.1) is 0 Å². The Morgan fingerprint density at radius 2 is 2.07 bits per heavy atom. The molecule has 8 heteroatoms. The predicted molar refractivity (Wildman–Crippen MR) is 102 cm³/mol. The van der Waals surface area contributed by atoms with Gasteiger partial charge in [-0.25, -0.2) is 4.79 Å². The molecule has 3 atom stereocenters. The number of hydrogen-bond acceptors (Lipinski definition) is 6. The molecule has 0 spiro atoms. The van der Waals surface area contributed by atoms with Crippen LogP contribution in [0, 0.1) is 11.3 Å². The van der Waals surface area contributed by atoms with Crippen molar-refractivity contribution in [2.45, 2.75) is 65.6 Å². The molecule has 2 unspecified atom stereocenters. The number of furan rings is 1. The van der Waals surface area contributed by atoms with Gasteiger partial charge >= 0.3 is 6.09 Å². The van der Waals surface area contributed by atoms with Crippen molar-refractivity contribution in [2.75, 3.05) is 6.61 Å². The van der Waals surface area contributed by atoms with Crippen molar-refractivity contribution >= 4 is 17.8 Å². The average Bonchev–Trinajstić information content (AvgIpc) is 3.24. The van der Waals surface area contributed by atoms with Crippen LogP contribution < -0.4 is 15.4 Å². The number of amides is 2. The molecule has 1 aliphatic rings. The summed E-state index contributed by atoms with van der Waals surface area (Å²) in [6.07, 6.45) is 2.54. The van der Waals surface area contributed by atoms with Gasteiger partial charge in [-0.3, -0.25) is 9.59 Å². The first-order valence-electron chi connectivity index (χ1n) is 9.59. The molecule has 0 bridgehead atoms. The van der Waals surface area contributed by atoms with Crippen molar-refractivity contribution in [3.05, 3.63) is 18.6 Å². The zero-order chi connectivity index (χ0) is 20.9. The number of hydrogen-bond donors (Lipinski definition) is 2. The van der Waals surface area contributed by atoms with E-state index in [9.17, 15) is 14.4 Å². The fourth-order valence-corrected chi connectivity index (χ4v) is 2.92. The van der Waals surface area contributed by atoms with Crippen LogP contribution in [0.25, 0.3) is 0 Å². The lowest BCUT2D eigenvalue weighted by molar-refractivity contribution is -0.128. The molecule has 1 aromatic heterocycles. The fraction of sp³-hybridized carbons (Fsp3) is 0.650. The molecule has 0 aromatic carbocycles. The molecule has 2 rings (SSSR count). The highest BCUT2D eigenvalue weighted by molar-refractivity contribution is 5.94. The molecular formula is C20H30N2O6. The van der Waals surface area contributed by atoms with E-state index in [0.717, 1.165) is 0 Å². The zero-order valence-corrected chi connectivity index (χ0v) is 17.1. The van der Waals surface area contributed by atoms with Crippen LogP contribution in [0.2, 0.25) is 0 Å². The minimum Gasteiger partial charge on any atom is -0.469 e. The Labute approximate surface area is 165 Å². The summed E-state index contributed by atoms with van der Waals surface area (Å²) in [5.74, 6) is -0.0808. The highest BCUT2D eigenvalue weighted by atomic mass is 16.6. The van der Waals surface area contributed by atoms with E-state index in [1.807, 2.05) is 20.8 Å². The molecule has 1 fully saturated rings. The molecule has 0 radical (unpaired) electrons. The molecule has 1 aromatic rings. The molecule has 156 valence electrons. The summed E-state index contributed by atoms with van der Waals surface area (Å²) in [6, 6.07) is -0.0656. The van der Waals surface area contributed by atoms with Gasteiger partial charge in [-0.2, -0.15) is 0 Å². The number of carbonyl (C=O) groups is 3. The summed E-state index contributed by atoms with van der Waals surface area (Å²) < 4.78 is 15.4. The molecule has 2 heterocycles. The highest BCUT2D eigenvalue weighted by Gasteiger charge is 2.39. The first-order chi connectivity index (χ1) is 13.1. The van der Waals surface area contributed by atoms with Gasteiger partial charge in [-0.05, 0) is 24.2 Å². The summed E-state index contributed by atoms with van der Waals surface area (Å²) >= 11 is 0. The molecule has 8 nitrogen and oxygen atoms in total. The quantitative estimate of drug-likeness (QED) is 0.702. The summed E-state index contributed by atoms with van der Waals surface area (Å²) in [5.41, 5.74) is -0.231. The Kier molecular flexibility index (Phi) is 7.23. The Morgan fingerprint density at radius 3 is 2.64 bits per heavy atom. The molecule has 0 aliphatic carbocycles. The second-order valence-electron chi connectivity index (χ2n) is 8.10. The van der Waals surface area contributed by atoms with Crippen molar-refractivity contribution in [1.29, 1.82) is 0 Å². The predicted octanol–water partition coefficient (Wildman–Crippen LogP) is 2.67. The van der Waals surface area contributed by atoms with Gasteiger partial charge in [-0.1, -0.05) is 34.6 Å². The standard InChI is InChI=1S/C20H30N2O6/c1-6-16-17(15(23)11-27-16)22-18(24)14(9-20(4,5)12(2)3)21-19(25)28-13-7-8-26-10-13/h7-8,10,12,14,16-17H,6,9,11H2,1-5H3,(H,21,25)(H,22,24)/t14-,16?,17?/m0/s1. The third-order valence-corrected chi connectivity index (χ3v) is 5.47. The number of Topliss-reactive ketones (excluding diaryl/α,β-unsaturated/α-hetero) is 1. The van der Waals surface area contributed by atoms with E-state index in [0.29, 0.717) is 12.8 Å². The lowest BCUT2D eigenvalue weighted by atomic mass is 9.76. The summed E-state index contributed by atoms with van der Waals surface area (Å²) in [4.78, 5) is 37.3. The van der Waals surface area contributed by atoms with Crippen LogP contribution in [-0.2, 0) is 14.3 Å². The molecule has 1 saturated heterocycles. The fourth-order valence-electron chi connectivity index (χ4n) is 2.92. The van der Waals surface area contributed by atoms with Crippen molar-refractivity contribution in [2.24, 2.45) is 11.3 Å². The van der Waals surface area contributed by atoms with Crippen LogP contribution in [0.3, 0.4) is 0 Å². The van der Waals surface area contributed by atoms with E-state index in [-0.39, 0.29) is 35.6 Å². The van der Waals surface area contributed by atoms with Gasteiger partial charge < -0.3 is 24.5 Å². The van der Waals surface area contributed by atoms with E-state index in [2.05, 4.69) is 24.5 Å². The minimum absolute atomic E-state index is 0.0123. The van der Waals surface area contributed by atoms with Gasteiger partial charge in [0.15, 0.2) is 11.5 Å². The van der Waals surface area contributed by atoms with Crippen LogP contribution in [0.15, 0.2) is 23.0 Å². The second kappa shape index (κ2) is 9.23. The van der Waals surface area contributed by atoms with E-state index in [4.69, 9.17) is 13.9 Å². The van der Waals surface area contributed by atoms with Crippen LogP contribution >= 0.6 is 0 Å². The first-order valence-corrected chi connectivity index (χ1v) is 9.59. The maximum atomic E-state index is 12.9. The molecule has 2 N–H and O–H groups in total. The Bertz CT molecular complexity index is 683. The third-order valence-electron chi connectivity index (χ3n) is 5.47. The summed E-state index contributed by atoms with van der Waals surface area (Å²) in [6.45, 7) is 10.0. The summed E-state index contributed by atoms with van der Waals surface area (Å²) in [5, 5.41) is 5.37. The normalized spacial score (nSPS) is 20.9. The maximum absolute atomic E-state index is 12.9.